The van der Waals surface area contributed by atoms with Crippen molar-refractivity contribution in [2.75, 3.05) is 18.5 Å². The van der Waals surface area contributed by atoms with Crippen LogP contribution in [0.3, 0.4) is 0 Å². The molecule has 0 amide bonds. The highest BCUT2D eigenvalue weighted by Gasteiger charge is 2.03. The van der Waals surface area contributed by atoms with E-state index in [2.05, 4.69) is 5.32 Å². The van der Waals surface area contributed by atoms with Gasteiger partial charge in [-0.2, -0.15) is 5.26 Å². The van der Waals surface area contributed by atoms with Gasteiger partial charge in [-0.3, -0.25) is 0 Å². The van der Waals surface area contributed by atoms with Crippen LogP contribution in [0.2, 0.25) is 0 Å². The molecule has 4 nitrogen and oxygen atoms in total. The number of benzene rings is 1. The Morgan fingerprint density at radius 1 is 1.53 bits per heavy atom. The van der Waals surface area contributed by atoms with Crippen molar-refractivity contribution in [3.05, 3.63) is 29.3 Å². The average Bonchev–Trinajstić information content (AvgIpc) is 2.27. The predicted octanol–water partition coefficient (Wildman–Crippen LogP) is 0.632. The highest BCUT2D eigenvalue weighted by atomic mass is 16.3. The van der Waals surface area contributed by atoms with Crippen molar-refractivity contribution in [3.63, 3.8) is 0 Å². The molecule has 1 atom stereocenters. The molecule has 3 N–H and O–H groups in total. The average molecular weight is 206 g/mol. The van der Waals surface area contributed by atoms with Crippen LogP contribution >= 0.6 is 0 Å². The maximum Gasteiger partial charge on any atom is 0.0992 e. The number of nitrogens with one attached hydrogen (secondary N) is 1. The van der Waals surface area contributed by atoms with Crippen molar-refractivity contribution in [3.8, 4) is 6.07 Å². The SMILES string of the molecule is Cc1ccc(C#N)cc1NCC(O)CO. The predicted molar refractivity (Wildman–Crippen MR) is 57.5 cm³/mol. The summed E-state index contributed by atoms with van der Waals surface area (Å²) in [6.07, 6.45) is -0.782. The molecule has 0 saturated heterocycles. The van der Waals surface area contributed by atoms with Crippen molar-refractivity contribution in [2.24, 2.45) is 0 Å². The van der Waals surface area contributed by atoms with Crippen LogP contribution in [0.1, 0.15) is 11.1 Å². The minimum atomic E-state index is -0.782. The van der Waals surface area contributed by atoms with E-state index in [4.69, 9.17) is 15.5 Å². The van der Waals surface area contributed by atoms with Gasteiger partial charge in [0.05, 0.1) is 24.3 Å². The number of hydrogen-bond donors (Lipinski definition) is 3. The summed E-state index contributed by atoms with van der Waals surface area (Å²) in [6, 6.07) is 7.34. The van der Waals surface area contributed by atoms with Gasteiger partial charge in [-0.05, 0) is 24.6 Å². The van der Waals surface area contributed by atoms with Crippen LogP contribution in [-0.4, -0.2) is 29.5 Å². The van der Waals surface area contributed by atoms with E-state index in [9.17, 15) is 0 Å². The van der Waals surface area contributed by atoms with Crippen LogP contribution in [0.15, 0.2) is 18.2 Å². The summed E-state index contributed by atoms with van der Waals surface area (Å²) in [5.41, 5.74) is 2.38. The highest BCUT2D eigenvalue weighted by Crippen LogP contribution is 2.16. The van der Waals surface area contributed by atoms with E-state index in [0.717, 1.165) is 11.3 Å². The zero-order chi connectivity index (χ0) is 11.3. The molecule has 1 aromatic carbocycles. The topological polar surface area (TPSA) is 76.3 Å². The van der Waals surface area contributed by atoms with Crippen molar-refractivity contribution >= 4 is 5.69 Å². The van der Waals surface area contributed by atoms with Gasteiger partial charge in [0.15, 0.2) is 0 Å². The lowest BCUT2D eigenvalue weighted by atomic mass is 10.1. The first-order chi connectivity index (χ1) is 7.17. The number of hydrogen-bond acceptors (Lipinski definition) is 4. The van der Waals surface area contributed by atoms with E-state index in [1.54, 1.807) is 12.1 Å². The first-order valence-corrected chi connectivity index (χ1v) is 4.71. The molecule has 0 aromatic heterocycles. The minimum absolute atomic E-state index is 0.270. The Balaban J connectivity index is 2.72. The molecule has 0 saturated carbocycles. The van der Waals surface area contributed by atoms with E-state index < -0.39 is 6.10 Å². The van der Waals surface area contributed by atoms with E-state index in [-0.39, 0.29) is 13.2 Å². The highest BCUT2D eigenvalue weighted by molar-refractivity contribution is 5.55. The van der Waals surface area contributed by atoms with Gasteiger partial charge in [0.1, 0.15) is 0 Å². The minimum Gasteiger partial charge on any atom is -0.394 e. The summed E-state index contributed by atoms with van der Waals surface area (Å²) in [4.78, 5) is 0. The third kappa shape index (κ3) is 3.24. The maximum atomic E-state index is 9.16. The number of nitriles is 1. The molecule has 1 unspecified atom stereocenters. The summed E-state index contributed by atoms with van der Waals surface area (Å²) in [5, 5.41) is 29.5. The molecule has 0 fully saturated rings. The Hall–Kier alpha value is -1.57. The van der Waals surface area contributed by atoms with Gasteiger partial charge in [-0.15, -0.1) is 0 Å². The fourth-order valence-corrected chi connectivity index (χ4v) is 1.17. The zero-order valence-corrected chi connectivity index (χ0v) is 8.57. The first kappa shape index (κ1) is 11.5. The largest absolute Gasteiger partial charge is 0.394 e. The standard InChI is InChI=1S/C11H14N2O2/c1-8-2-3-9(5-12)4-11(8)13-6-10(15)7-14/h2-4,10,13-15H,6-7H2,1H3. The summed E-state index contributed by atoms with van der Waals surface area (Å²) in [7, 11) is 0. The lowest BCUT2D eigenvalue weighted by molar-refractivity contribution is 0.105. The van der Waals surface area contributed by atoms with Crippen molar-refractivity contribution < 1.29 is 10.2 Å². The molecule has 1 rings (SSSR count). The second-order valence-corrected chi connectivity index (χ2v) is 3.36. The molecule has 0 radical (unpaired) electrons. The molecule has 4 heteroatoms. The quantitative estimate of drug-likeness (QED) is 0.675. The molecule has 0 aliphatic rings. The van der Waals surface area contributed by atoms with Gasteiger partial charge < -0.3 is 15.5 Å². The number of aliphatic hydroxyl groups excluding tert-OH is 2. The first-order valence-electron chi connectivity index (χ1n) is 4.71. The monoisotopic (exact) mass is 206 g/mol. The third-order valence-corrected chi connectivity index (χ3v) is 2.11. The second kappa shape index (κ2) is 5.35. The number of aryl methyl sites for hydroxylation is 1. The lowest BCUT2D eigenvalue weighted by Crippen LogP contribution is -2.23. The van der Waals surface area contributed by atoms with Gasteiger partial charge in [0.2, 0.25) is 0 Å². The van der Waals surface area contributed by atoms with Gasteiger partial charge in [0.25, 0.3) is 0 Å². The molecule has 0 aliphatic carbocycles. The molecule has 0 aliphatic heterocycles. The normalized spacial score (nSPS) is 11.9. The summed E-state index contributed by atoms with van der Waals surface area (Å²) in [5.74, 6) is 0. The van der Waals surface area contributed by atoms with Crippen LogP contribution in [0, 0.1) is 18.3 Å². The molecule has 80 valence electrons. The smallest absolute Gasteiger partial charge is 0.0992 e. The lowest BCUT2D eigenvalue weighted by Gasteiger charge is -2.12. The van der Waals surface area contributed by atoms with Gasteiger partial charge in [-0.1, -0.05) is 6.07 Å². The van der Waals surface area contributed by atoms with Crippen LogP contribution < -0.4 is 5.32 Å². The van der Waals surface area contributed by atoms with Crippen LogP contribution in [0.4, 0.5) is 5.69 Å². The Labute approximate surface area is 88.8 Å². The number of anilines is 1. The second-order valence-electron chi connectivity index (χ2n) is 3.36. The third-order valence-electron chi connectivity index (χ3n) is 2.11. The zero-order valence-electron chi connectivity index (χ0n) is 8.57. The Morgan fingerprint density at radius 3 is 2.87 bits per heavy atom. The Morgan fingerprint density at radius 2 is 2.27 bits per heavy atom. The Kier molecular flexibility index (Phi) is 4.10. The fourth-order valence-electron chi connectivity index (χ4n) is 1.17. The number of nitrogens with zero attached hydrogens (tertiary/aromatic N) is 1. The molecule has 0 heterocycles. The van der Waals surface area contributed by atoms with Crippen molar-refractivity contribution in [2.45, 2.75) is 13.0 Å². The molecule has 1 aromatic rings. The van der Waals surface area contributed by atoms with Gasteiger partial charge >= 0.3 is 0 Å². The molecule has 15 heavy (non-hydrogen) atoms. The van der Waals surface area contributed by atoms with Gasteiger partial charge in [0, 0.05) is 12.2 Å². The molecular formula is C11H14N2O2. The van der Waals surface area contributed by atoms with E-state index >= 15 is 0 Å². The molecular weight excluding hydrogens is 192 g/mol. The summed E-state index contributed by atoms with van der Waals surface area (Å²) < 4.78 is 0. The van der Waals surface area contributed by atoms with Crippen molar-refractivity contribution in [1.29, 1.82) is 5.26 Å². The van der Waals surface area contributed by atoms with E-state index in [1.807, 2.05) is 19.1 Å². The number of rotatable bonds is 4. The van der Waals surface area contributed by atoms with Crippen LogP contribution in [0.5, 0.6) is 0 Å². The van der Waals surface area contributed by atoms with Crippen LogP contribution in [-0.2, 0) is 0 Å². The molecule has 0 spiro atoms. The molecule has 0 bridgehead atoms. The maximum absolute atomic E-state index is 9.16. The number of aliphatic hydroxyl groups is 2. The van der Waals surface area contributed by atoms with Gasteiger partial charge in [-0.25, -0.2) is 0 Å². The summed E-state index contributed by atoms with van der Waals surface area (Å²) in [6.45, 7) is 1.91. The summed E-state index contributed by atoms with van der Waals surface area (Å²) >= 11 is 0. The van der Waals surface area contributed by atoms with Crippen molar-refractivity contribution in [1.82, 2.24) is 0 Å². The van der Waals surface area contributed by atoms with E-state index in [0.29, 0.717) is 5.56 Å². The van der Waals surface area contributed by atoms with Crippen LogP contribution in [0.25, 0.3) is 0 Å². The fraction of sp³-hybridized carbons (Fsp3) is 0.364. The Bertz CT molecular complexity index is 371. The van der Waals surface area contributed by atoms with E-state index in [1.165, 1.54) is 0 Å².